The van der Waals surface area contributed by atoms with Gasteiger partial charge in [-0.05, 0) is 46.3 Å². The molecule has 1 aromatic rings. The van der Waals surface area contributed by atoms with E-state index < -0.39 is 0 Å². The summed E-state index contributed by atoms with van der Waals surface area (Å²) in [6, 6.07) is 7.01. The van der Waals surface area contributed by atoms with Crippen molar-refractivity contribution in [3.8, 4) is 0 Å². The normalized spacial score (nSPS) is 18.1. The standard InChI is InChI=1S/C19H30O/c1-18(2,3)15-9-14(17(12-20)13-7-8-13)10-16(11-15)19(4,5)6/h9-11,13,17,20H,7-8,12H2,1-6H3. The number of hydrogen-bond acceptors (Lipinski definition) is 1. The lowest BCUT2D eigenvalue weighted by atomic mass is 9.77. The highest BCUT2D eigenvalue weighted by molar-refractivity contribution is 5.39. The van der Waals surface area contributed by atoms with E-state index in [0.29, 0.717) is 11.8 Å². The molecule has 1 saturated carbocycles. The Bertz CT molecular complexity index is 437. The van der Waals surface area contributed by atoms with E-state index in [2.05, 4.69) is 59.7 Å². The van der Waals surface area contributed by atoms with E-state index in [0.717, 1.165) is 0 Å². The van der Waals surface area contributed by atoms with Crippen LogP contribution in [0.2, 0.25) is 0 Å². The molecule has 1 aliphatic rings. The summed E-state index contributed by atoms with van der Waals surface area (Å²) in [4.78, 5) is 0. The zero-order valence-corrected chi connectivity index (χ0v) is 14.0. The molecule has 0 saturated heterocycles. The lowest BCUT2D eigenvalue weighted by molar-refractivity contribution is 0.253. The van der Waals surface area contributed by atoms with E-state index in [1.54, 1.807) is 0 Å². The highest BCUT2D eigenvalue weighted by Gasteiger charge is 2.33. The van der Waals surface area contributed by atoms with Gasteiger partial charge in [0.15, 0.2) is 0 Å². The van der Waals surface area contributed by atoms with Crippen LogP contribution >= 0.6 is 0 Å². The van der Waals surface area contributed by atoms with Crippen LogP contribution in [0.25, 0.3) is 0 Å². The van der Waals surface area contributed by atoms with Gasteiger partial charge in [-0.2, -0.15) is 0 Å². The van der Waals surface area contributed by atoms with Crippen LogP contribution in [0.5, 0.6) is 0 Å². The van der Waals surface area contributed by atoms with E-state index in [9.17, 15) is 5.11 Å². The first-order valence-corrected chi connectivity index (χ1v) is 7.90. The van der Waals surface area contributed by atoms with Crippen molar-refractivity contribution in [2.45, 2.75) is 71.1 Å². The molecule has 0 radical (unpaired) electrons. The Morgan fingerprint density at radius 2 is 1.40 bits per heavy atom. The topological polar surface area (TPSA) is 20.2 Å². The molecule has 0 bridgehead atoms. The van der Waals surface area contributed by atoms with Crippen LogP contribution in [0.1, 0.15) is 77.0 Å². The van der Waals surface area contributed by atoms with Gasteiger partial charge in [-0.25, -0.2) is 0 Å². The van der Waals surface area contributed by atoms with Crippen LogP contribution in [0, 0.1) is 5.92 Å². The third-order valence-electron chi connectivity index (χ3n) is 4.50. The minimum atomic E-state index is 0.152. The van der Waals surface area contributed by atoms with Gasteiger partial charge < -0.3 is 5.11 Å². The second-order valence-corrected chi connectivity index (χ2v) is 8.47. The minimum absolute atomic E-state index is 0.152. The molecule has 112 valence electrons. The second-order valence-electron chi connectivity index (χ2n) is 8.47. The lowest BCUT2D eigenvalue weighted by Crippen LogP contribution is -2.18. The van der Waals surface area contributed by atoms with E-state index in [1.807, 2.05) is 0 Å². The molecule has 20 heavy (non-hydrogen) atoms. The van der Waals surface area contributed by atoms with Crippen molar-refractivity contribution in [3.63, 3.8) is 0 Å². The number of aliphatic hydroxyl groups is 1. The van der Waals surface area contributed by atoms with E-state index in [4.69, 9.17) is 0 Å². The number of rotatable bonds is 3. The van der Waals surface area contributed by atoms with Crippen LogP contribution in [0.3, 0.4) is 0 Å². The van der Waals surface area contributed by atoms with E-state index in [1.165, 1.54) is 29.5 Å². The summed E-state index contributed by atoms with van der Waals surface area (Å²) in [7, 11) is 0. The first-order valence-electron chi connectivity index (χ1n) is 7.90. The molecule has 0 amide bonds. The minimum Gasteiger partial charge on any atom is -0.396 e. The Morgan fingerprint density at radius 3 is 1.70 bits per heavy atom. The molecule has 0 aliphatic heterocycles. The molecule has 0 heterocycles. The predicted octanol–water partition coefficient (Wildman–Crippen LogP) is 4.77. The maximum absolute atomic E-state index is 9.78. The van der Waals surface area contributed by atoms with Crippen LogP contribution < -0.4 is 0 Å². The van der Waals surface area contributed by atoms with Gasteiger partial charge in [0.05, 0.1) is 6.61 Å². The smallest absolute Gasteiger partial charge is 0.0502 e. The van der Waals surface area contributed by atoms with Gasteiger partial charge in [0, 0.05) is 5.92 Å². The molecule has 1 unspecified atom stereocenters. The summed E-state index contributed by atoms with van der Waals surface area (Å²) >= 11 is 0. The Kier molecular flexibility index (Phi) is 4.03. The Labute approximate surface area is 124 Å². The molecule has 1 heteroatoms. The number of hydrogen-bond donors (Lipinski definition) is 1. The molecule has 2 rings (SSSR count). The first-order chi connectivity index (χ1) is 9.13. The SMILES string of the molecule is CC(C)(C)c1cc(C(CO)C2CC2)cc(C(C)(C)C)c1. The monoisotopic (exact) mass is 274 g/mol. The molecule has 1 aliphatic carbocycles. The zero-order valence-electron chi connectivity index (χ0n) is 14.0. The summed E-state index contributed by atoms with van der Waals surface area (Å²) in [6.07, 6.45) is 2.55. The molecular weight excluding hydrogens is 244 g/mol. The fourth-order valence-corrected chi connectivity index (χ4v) is 2.76. The summed E-state index contributed by atoms with van der Waals surface area (Å²) in [5, 5.41) is 9.78. The molecule has 1 aromatic carbocycles. The van der Waals surface area contributed by atoms with Crippen molar-refractivity contribution < 1.29 is 5.11 Å². The van der Waals surface area contributed by atoms with Gasteiger partial charge in [-0.15, -0.1) is 0 Å². The largest absolute Gasteiger partial charge is 0.396 e. The molecule has 1 N–H and O–H groups in total. The molecule has 0 spiro atoms. The maximum atomic E-state index is 9.78. The Morgan fingerprint density at radius 1 is 0.950 bits per heavy atom. The van der Waals surface area contributed by atoms with Gasteiger partial charge in [-0.1, -0.05) is 59.7 Å². The third-order valence-corrected chi connectivity index (χ3v) is 4.50. The Balaban J connectivity index is 2.50. The van der Waals surface area contributed by atoms with Gasteiger partial charge in [0.2, 0.25) is 0 Å². The summed E-state index contributed by atoms with van der Waals surface area (Å²) in [6.45, 7) is 13.9. The number of benzene rings is 1. The van der Waals surface area contributed by atoms with Crippen molar-refractivity contribution in [3.05, 3.63) is 34.9 Å². The maximum Gasteiger partial charge on any atom is 0.0502 e. The fourth-order valence-electron chi connectivity index (χ4n) is 2.76. The molecule has 1 atom stereocenters. The van der Waals surface area contributed by atoms with Crippen LogP contribution in [0.15, 0.2) is 18.2 Å². The van der Waals surface area contributed by atoms with Crippen LogP contribution in [0.4, 0.5) is 0 Å². The molecular formula is C19H30O. The quantitative estimate of drug-likeness (QED) is 0.842. The average molecular weight is 274 g/mol. The first kappa shape index (κ1) is 15.6. The lowest BCUT2D eigenvalue weighted by Gasteiger charge is -2.28. The van der Waals surface area contributed by atoms with Crippen LogP contribution in [-0.4, -0.2) is 11.7 Å². The predicted molar refractivity (Wildman–Crippen MR) is 86.4 cm³/mol. The molecule has 1 nitrogen and oxygen atoms in total. The van der Waals surface area contributed by atoms with Crippen molar-refractivity contribution in [2.24, 2.45) is 5.92 Å². The third kappa shape index (κ3) is 3.44. The summed E-state index contributed by atoms with van der Waals surface area (Å²) < 4.78 is 0. The van der Waals surface area contributed by atoms with Crippen molar-refractivity contribution in [1.29, 1.82) is 0 Å². The van der Waals surface area contributed by atoms with Crippen LogP contribution in [-0.2, 0) is 10.8 Å². The van der Waals surface area contributed by atoms with Crippen molar-refractivity contribution >= 4 is 0 Å². The highest BCUT2D eigenvalue weighted by Crippen LogP contribution is 2.44. The van der Waals surface area contributed by atoms with E-state index in [-0.39, 0.29) is 17.4 Å². The van der Waals surface area contributed by atoms with Gasteiger partial charge in [0.25, 0.3) is 0 Å². The van der Waals surface area contributed by atoms with Crippen molar-refractivity contribution in [2.75, 3.05) is 6.61 Å². The molecule has 0 aromatic heterocycles. The highest BCUT2D eigenvalue weighted by atomic mass is 16.3. The molecule has 1 fully saturated rings. The average Bonchev–Trinajstić information content (AvgIpc) is 3.12. The second kappa shape index (κ2) is 5.18. The van der Waals surface area contributed by atoms with Crippen molar-refractivity contribution in [1.82, 2.24) is 0 Å². The summed E-state index contributed by atoms with van der Waals surface area (Å²) in [5.74, 6) is 1.03. The van der Waals surface area contributed by atoms with Gasteiger partial charge >= 0.3 is 0 Å². The summed E-state index contributed by atoms with van der Waals surface area (Å²) in [5.41, 5.74) is 4.42. The fraction of sp³-hybridized carbons (Fsp3) is 0.684. The number of aliphatic hydroxyl groups excluding tert-OH is 1. The van der Waals surface area contributed by atoms with Gasteiger partial charge in [-0.3, -0.25) is 0 Å². The van der Waals surface area contributed by atoms with Gasteiger partial charge in [0.1, 0.15) is 0 Å². The van der Waals surface area contributed by atoms with E-state index >= 15 is 0 Å². The Hall–Kier alpha value is -0.820. The zero-order chi connectivity index (χ0) is 15.1.